The Hall–Kier alpha value is -1.12. The smallest absolute Gasteiger partial charge is 0.162 e. The van der Waals surface area contributed by atoms with Crippen LogP contribution in [0.2, 0.25) is 0 Å². The predicted molar refractivity (Wildman–Crippen MR) is 81.4 cm³/mol. The van der Waals surface area contributed by atoms with Crippen molar-refractivity contribution in [3.63, 3.8) is 0 Å². The molecule has 1 saturated carbocycles. The second-order valence-electron chi connectivity index (χ2n) is 6.24. The molecule has 3 heteroatoms. The fourth-order valence-electron chi connectivity index (χ4n) is 3.35. The van der Waals surface area contributed by atoms with E-state index in [-0.39, 0.29) is 0 Å². The normalized spacial score (nSPS) is 22.2. The van der Waals surface area contributed by atoms with Gasteiger partial charge in [0, 0.05) is 6.07 Å². The van der Waals surface area contributed by atoms with E-state index in [9.17, 15) is 8.78 Å². The Kier molecular flexibility index (Phi) is 6.47. The van der Waals surface area contributed by atoms with Crippen LogP contribution in [0.3, 0.4) is 0 Å². The third-order valence-electron chi connectivity index (χ3n) is 4.58. The molecule has 1 aliphatic carbocycles. The Morgan fingerprint density at radius 3 is 2.29 bits per heavy atom. The first-order valence-corrected chi connectivity index (χ1v) is 8.27. The molecule has 2 rings (SSSR count). The molecule has 21 heavy (non-hydrogen) atoms. The zero-order valence-electron chi connectivity index (χ0n) is 12.9. The van der Waals surface area contributed by atoms with E-state index >= 15 is 0 Å². The van der Waals surface area contributed by atoms with Crippen LogP contribution in [0.15, 0.2) is 18.2 Å². The van der Waals surface area contributed by atoms with Crippen molar-refractivity contribution in [1.82, 2.24) is 0 Å². The largest absolute Gasteiger partial charge is 0.493 e. The van der Waals surface area contributed by atoms with Crippen LogP contribution in [0.5, 0.6) is 5.75 Å². The fraction of sp³-hybridized carbons (Fsp3) is 0.667. The second-order valence-corrected chi connectivity index (χ2v) is 6.24. The summed E-state index contributed by atoms with van der Waals surface area (Å²) in [6.07, 6.45) is 10.3. The van der Waals surface area contributed by atoms with Crippen molar-refractivity contribution in [2.75, 3.05) is 6.61 Å². The van der Waals surface area contributed by atoms with Gasteiger partial charge in [-0.15, -0.1) is 0 Å². The Morgan fingerprint density at radius 1 is 1.00 bits per heavy atom. The summed E-state index contributed by atoms with van der Waals surface area (Å²) in [6.45, 7) is 2.85. The van der Waals surface area contributed by atoms with Crippen LogP contribution < -0.4 is 4.74 Å². The zero-order valence-corrected chi connectivity index (χ0v) is 12.9. The van der Waals surface area contributed by atoms with Crippen molar-refractivity contribution in [3.05, 3.63) is 29.8 Å². The minimum absolute atomic E-state index is 0.417. The molecule has 0 saturated heterocycles. The van der Waals surface area contributed by atoms with Gasteiger partial charge in [-0.3, -0.25) is 0 Å². The van der Waals surface area contributed by atoms with Crippen LogP contribution in [0.1, 0.15) is 58.3 Å². The molecule has 0 unspecified atom stereocenters. The molecule has 1 aromatic rings. The maximum absolute atomic E-state index is 13.0. The van der Waals surface area contributed by atoms with E-state index in [0.29, 0.717) is 12.4 Å². The van der Waals surface area contributed by atoms with Crippen LogP contribution >= 0.6 is 0 Å². The first-order valence-electron chi connectivity index (χ1n) is 8.27. The average molecular weight is 296 g/mol. The Labute approximate surface area is 126 Å². The lowest BCUT2D eigenvalue weighted by Crippen LogP contribution is -2.15. The molecule has 1 aliphatic rings. The summed E-state index contributed by atoms with van der Waals surface area (Å²) in [7, 11) is 0. The Balaban J connectivity index is 1.61. The number of hydrogen-bond acceptors (Lipinski definition) is 1. The molecule has 0 aromatic heterocycles. The lowest BCUT2D eigenvalue weighted by molar-refractivity contribution is 0.229. The molecule has 0 N–H and O–H groups in total. The first kappa shape index (κ1) is 16.3. The van der Waals surface area contributed by atoms with E-state index in [1.165, 1.54) is 51.0 Å². The highest BCUT2D eigenvalue weighted by molar-refractivity contribution is 5.23. The summed E-state index contributed by atoms with van der Waals surface area (Å²) in [5, 5.41) is 0. The van der Waals surface area contributed by atoms with Crippen molar-refractivity contribution in [2.45, 2.75) is 58.3 Å². The molecule has 118 valence electrons. The fourth-order valence-corrected chi connectivity index (χ4v) is 3.35. The van der Waals surface area contributed by atoms with Gasteiger partial charge in [0.25, 0.3) is 0 Å². The minimum Gasteiger partial charge on any atom is -0.493 e. The standard InChI is InChI=1S/C18H26F2O/c1-2-4-14-6-8-15(9-7-14)5-3-12-21-16-10-11-17(19)18(20)13-16/h10-11,13-15H,2-9,12H2,1H3. The third kappa shape index (κ3) is 5.29. The number of rotatable bonds is 7. The van der Waals surface area contributed by atoms with Crippen molar-refractivity contribution in [1.29, 1.82) is 0 Å². The highest BCUT2D eigenvalue weighted by Gasteiger charge is 2.20. The summed E-state index contributed by atoms with van der Waals surface area (Å²) >= 11 is 0. The monoisotopic (exact) mass is 296 g/mol. The van der Waals surface area contributed by atoms with Crippen molar-refractivity contribution < 1.29 is 13.5 Å². The van der Waals surface area contributed by atoms with Gasteiger partial charge in [0.1, 0.15) is 5.75 Å². The lowest BCUT2D eigenvalue weighted by Gasteiger charge is -2.28. The zero-order chi connectivity index (χ0) is 15.1. The molecular weight excluding hydrogens is 270 g/mol. The molecule has 0 aliphatic heterocycles. The number of halogens is 2. The van der Waals surface area contributed by atoms with E-state index < -0.39 is 11.6 Å². The predicted octanol–water partition coefficient (Wildman–Crippen LogP) is 5.73. The molecule has 1 nitrogen and oxygen atoms in total. The van der Waals surface area contributed by atoms with E-state index in [4.69, 9.17) is 4.74 Å². The molecule has 0 heterocycles. The molecule has 0 bridgehead atoms. The SMILES string of the molecule is CCCC1CCC(CCCOc2ccc(F)c(F)c2)CC1. The number of hydrogen-bond donors (Lipinski definition) is 0. The summed E-state index contributed by atoms with van der Waals surface area (Å²) < 4.78 is 31.3. The maximum atomic E-state index is 13.0. The second kappa shape index (κ2) is 8.35. The Bertz CT molecular complexity index is 425. The van der Waals surface area contributed by atoms with Gasteiger partial charge in [-0.05, 0) is 36.8 Å². The van der Waals surface area contributed by atoms with Gasteiger partial charge >= 0.3 is 0 Å². The summed E-state index contributed by atoms with van der Waals surface area (Å²) in [4.78, 5) is 0. The quantitative estimate of drug-likeness (QED) is 0.584. The molecular formula is C18H26F2O. The van der Waals surface area contributed by atoms with Gasteiger partial charge in [0.05, 0.1) is 6.61 Å². The van der Waals surface area contributed by atoms with Gasteiger partial charge in [-0.1, -0.05) is 45.4 Å². The maximum Gasteiger partial charge on any atom is 0.162 e. The van der Waals surface area contributed by atoms with Crippen LogP contribution in [0.4, 0.5) is 8.78 Å². The number of benzene rings is 1. The van der Waals surface area contributed by atoms with E-state index in [1.54, 1.807) is 0 Å². The molecule has 0 radical (unpaired) electrons. The van der Waals surface area contributed by atoms with Crippen LogP contribution in [0, 0.1) is 23.5 Å². The highest BCUT2D eigenvalue weighted by atomic mass is 19.2. The van der Waals surface area contributed by atoms with E-state index in [2.05, 4.69) is 6.92 Å². The molecule has 1 fully saturated rings. The van der Waals surface area contributed by atoms with Gasteiger partial charge < -0.3 is 4.74 Å². The molecule has 0 amide bonds. The first-order chi connectivity index (χ1) is 10.2. The molecule has 0 atom stereocenters. The van der Waals surface area contributed by atoms with Gasteiger partial charge in [0.2, 0.25) is 0 Å². The molecule has 1 aromatic carbocycles. The van der Waals surface area contributed by atoms with E-state index in [1.807, 2.05) is 0 Å². The summed E-state index contributed by atoms with van der Waals surface area (Å²) in [6, 6.07) is 3.71. The number of ether oxygens (including phenoxy) is 1. The van der Waals surface area contributed by atoms with Crippen LogP contribution in [-0.4, -0.2) is 6.61 Å². The van der Waals surface area contributed by atoms with Crippen molar-refractivity contribution in [2.24, 2.45) is 11.8 Å². The van der Waals surface area contributed by atoms with Crippen molar-refractivity contribution in [3.8, 4) is 5.75 Å². The van der Waals surface area contributed by atoms with Crippen LogP contribution in [0.25, 0.3) is 0 Å². The topological polar surface area (TPSA) is 9.23 Å². The minimum atomic E-state index is -0.846. The van der Waals surface area contributed by atoms with Gasteiger partial charge in [0.15, 0.2) is 11.6 Å². The van der Waals surface area contributed by atoms with Crippen LogP contribution in [-0.2, 0) is 0 Å². The summed E-state index contributed by atoms with van der Waals surface area (Å²) in [5.41, 5.74) is 0. The van der Waals surface area contributed by atoms with Crippen molar-refractivity contribution >= 4 is 0 Å². The summed E-state index contributed by atoms with van der Waals surface area (Å²) in [5.74, 6) is 0.518. The lowest BCUT2D eigenvalue weighted by atomic mass is 9.78. The molecule has 0 spiro atoms. The van der Waals surface area contributed by atoms with E-state index in [0.717, 1.165) is 30.4 Å². The third-order valence-corrected chi connectivity index (χ3v) is 4.58. The Morgan fingerprint density at radius 2 is 1.67 bits per heavy atom. The van der Waals surface area contributed by atoms with Gasteiger partial charge in [-0.2, -0.15) is 0 Å². The highest BCUT2D eigenvalue weighted by Crippen LogP contribution is 2.33. The average Bonchev–Trinajstić information content (AvgIpc) is 2.49. The van der Waals surface area contributed by atoms with Gasteiger partial charge in [-0.25, -0.2) is 8.78 Å².